The summed E-state index contributed by atoms with van der Waals surface area (Å²) in [5.74, 6) is 0.923. The third kappa shape index (κ3) is 8.55. The van der Waals surface area contributed by atoms with Gasteiger partial charge in [-0.05, 0) is 40.0 Å². The maximum absolute atomic E-state index is 11.6. The highest BCUT2D eigenvalue weighted by atomic mass is 16.5. The molecule has 6 nitrogen and oxygen atoms in total. The van der Waals surface area contributed by atoms with Crippen LogP contribution in [0.3, 0.4) is 0 Å². The molecule has 0 atom stereocenters. The number of ether oxygens (including phenoxy) is 1. The number of guanidine groups is 1. The highest BCUT2D eigenvalue weighted by Gasteiger charge is 2.22. The molecule has 0 aromatic rings. The molecular weight excluding hydrogens is 268 g/mol. The lowest BCUT2D eigenvalue weighted by Gasteiger charge is -2.21. The van der Waals surface area contributed by atoms with Crippen molar-refractivity contribution in [1.29, 1.82) is 0 Å². The van der Waals surface area contributed by atoms with Crippen LogP contribution in [0.2, 0.25) is 0 Å². The SMILES string of the molecule is CCNC(=NCC(C)(C)OC)NCCCC(=O)NC1CC1. The number of aliphatic imine (C=N–C) groups is 1. The van der Waals surface area contributed by atoms with Crippen molar-refractivity contribution in [2.75, 3.05) is 26.7 Å². The molecule has 0 radical (unpaired) electrons. The normalized spacial score (nSPS) is 15.7. The van der Waals surface area contributed by atoms with E-state index in [1.807, 2.05) is 20.8 Å². The van der Waals surface area contributed by atoms with Gasteiger partial charge in [0.05, 0.1) is 12.1 Å². The lowest BCUT2D eigenvalue weighted by molar-refractivity contribution is -0.121. The van der Waals surface area contributed by atoms with E-state index in [0.29, 0.717) is 19.0 Å². The van der Waals surface area contributed by atoms with E-state index in [4.69, 9.17) is 4.74 Å². The van der Waals surface area contributed by atoms with Crippen LogP contribution in [0.1, 0.15) is 46.5 Å². The molecule has 0 aliphatic heterocycles. The lowest BCUT2D eigenvalue weighted by Crippen LogP contribution is -2.39. The minimum atomic E-state index is -0.271. The zero-order valence-electron chi connectivity index (χ0n) is 13.8. The second-order valence-electron chi connectivity index (χ2n) is 6.03. The van der Waals surface area contributed by atoms with Crippen LogP contribution in [-0.4, -0.2) is 50.3 Å². The van der Waals surface area contributed by atoms with Crippen LogP contribution in [0, 0.1) is 0 Å². The Balaban J connectivity index is 2.23. The molecule has 0 aromatic heterocycles. The molecule has 0 saturated heterocycles. The topological polar surface area (TPSA) is 74.8 Å². The van der Waals surface area contributed by atoms with Crippen molar-refractivity contribution < 1.29 is 9.53 Å². The first kappa shape index (κ1) is 17.8. The summed E-state index contributed by atoms with van der Waals surface area (Å²) >= 11 is 0. The minimum absolute atomic E-state index is 0.154. The first-order chi connectivity index (χ1) is 9.96. The number of carbonyl (C=O) groups is 1. The van der Waals surface area contributed by atoms with Crippen molar-refractivity contribution in [3.05, 3.63) is 0 Å². The van der Waals surface area contributed by atoms with Crippen molar-refractivity contribution in [1.82, 2.24) is 16.0 Å². The summed E-state index contributed by atoms with van der Waals surface area (Å²) in [5.41, 5.74) is -0.271. The van der Waals surface area contributed by atoms with Gasteiger partial charge in [0, 0.05) is 32.7 Å². The third-order valence-corrected chi connectivity index (χ3v) is 3.33. The predicted molar refractivity (Wildman–Crippen MR) is 85.5 cm³/mol. The van der Waals surface area contributed by atoms with Crippen LogP contribution >= 0.6 is 0 Å². The maximum Gasteiger partial charge on any atom is 0.220 e. The van der Waals surface area contributed by atoms with E-state index in [9.17, 15) is 4.79 Å². The average molecular weight is 298 g/mol. The van der Waals surface area contributed by atoms with Crippen LogP contribution in [0.15, 0.2) is 4.99 Å². The van der Waals surface area contributed by atoms with Gasteiger partial charge in [-0.1, -0.05) is 0 Å². The standard InChI is InChI=1S/C15H30N4O2/c1-5-16-14(18-11-15(2,3)21-4)17-10-6-7-13(20)19-12-8-9-12/h12H,5-11H2,1-4H3,(H,19,20)(H2,16,17,18). The number of methoxy groups -OCH3 is 1. The van der Waals surface area contributed by atoms with E-state index in [-0.39, 0.29) is 11.5 Å². The van der Waals surface area contributed by atoms with Crippen LogP contribution in [0.25, 0.3) is 0 Å². The van der Waals surface area contributed by atoms with E-state index in [1.165, 1.54) is 0 Å². The van der Waals surface area contributed by atoms with E-state index >= 15 is 0 Å². The fourth-order valence-corrected chi connectivity index (χ4v) is 1.66. The summed E-state index contributed by atoms with van der Waals surface area (Å²) in [6.07, 6.45) is 3.64. The van der Waals surface area contributed by atoms with E-state index < -0.39 is 0 Å². The van der Waals surface area contributed by atoms with Crippen LogP contribution in [0.5, 0.6) is 0 Å². The number of amides is 1. The number of hydrogen-bond acceptors (Lipinski definition) is 3. The molecule has 0 heterocycles. The van der Waals surface area contributed by atoms with Gasteiger partial charge in [0.1, 0.15) is 0 Å². The fraction of sp³-hybridized carbons (Fsp3) is 0.867. The molecular formula is C15H30N4O2. The molecule has 21 heavy (non-hydrogen) atoms. The van der Waals surface area contributed by atoms with Crippen molar-refractivity contribution in [3.8, 4) is 0 Å². The Labute approximate surface area is 128 Å². The van der Waals surface area contributed by atoms with Gasteiger partial charge in [0.15, 0.2) is 5.96 Å². The van der Waals surface area contributed by atoms with E-state index in [2.05, 4.69) is 20.9 Å². The van der Waals surface area contributed by atoms with Gasteiger partial charge in [-0.3, -0.25) is 9.79 Å². The maximum atomic E-state index is 11.6. The molecule has 0 unspecified atom stereocenters. The number of nitrogens with one attached hydrogen (secondary N) is 3. The van der Waals surface area contributed by atoms with Crippen molar-refractivity contribution in [2.45, 2.75) is 58.1 Å². The predicted octanol–water partition coefficient (Wildman–Crippen LogP) is 1.03. The summed E-state index contributed by atoms with van der Waals surface area (Å²) in [6.45, 7) is 8.16. The van der Waals surface area contributed by atoms with Crippen LogP contribution < -0.4 is 16.0 Å². The van der Waals surface area contributed by atoms with Crippen molar-refractivity contribution >= 4 is 11.9 Å². The van der Waals surface area contributed by atoms with Crippen molar-refractivity contribution in [3.63, 3.8) is 0 Å². The highest BCUT2D eigenvalue weighted by Crippen LogP contribution is 2.18. The van der Waals surface area contributed by atoms with Crippen LogP contribution in [0.4, 0.5) is 0 Å². The van der Waals surface area contributed by atoms with Crippen LogP contribution in [-0.2, 0) is 9.53 Å². The summed E-state index contributed by atoms with van der Waals surface area (Å²) in [4.78, 5) is 16.1. The molecule has 6 heteroatoms. The monoisotopic (exact) mass is 298 g/mol. The molecule has 1 aliphatic carbocycles. The Morgan fingerprint density at radius 2 is 2.05 bits per heavy atom. The fourth-order valence-electron chi connectivity index (χ4n) is 1.66. The molecule has 0 aromatic carbocycles. The molecule has 1 saturated carbocycles. The van der Waals surface area contributed by atoms with Crippen molar-refractivity contribution in [2.24, 2.45) is 4.99 Å². The molecule has 1 amide bonds. The van der Waals surface area contributed by atoms with Gasteiger partial charge in [0.25, 0.3) is 0 Å². The van der Waals surface area contributed by atoms with E-state index in [1.54, 1.807) is 7.11 Å². The summed E-state index contributed by atoms with van der Waals surface area (Å²) < 4.78 is 5.35. The number of carbonyl (C=O) groups excluding carboxylic acids is 1. The van der Waals surface area contributed by atoms with Gasteiger partial charge in [0.2, 0.25) is 5.91 Å². The smallest absolute Gasteiger partial charge is 0.220 e. The van der Waals surface area contributed by atoms with Gasteiger partial charge in [-0.15, -0.1) is 0 Å². The second-order valence-corrected chi connectivity index (χ2v) is 6.03. The third-order valence-electron chi connectivity index (χ3n) is 3.33. The quantitative estimate of drug-likeness (QED) is 0.338. The summed E-state index contributed by atoms with van der Waals surface area (Å²) in [6, 6.07) is 0.445. The Bertz CT molecular complexity index is 352. The molecule has 1 aliphatic rings. The minimum Gasteiger partial charge on any atom is -0.377 e. The largest absolute Gasteiger partial charge is 0.377 e. The molecule has 0 spiro atoms. The number of nitrogens with zero attached hydrogens (tertiary/aromatic N) is 1. The summed E-state index contributed by atoms with van der Waals surface area (Å²) in [5, 5.41) is 9.43. The molecule has 0 bridgehead atoms. The Kier molecular flexibility index (Phi) is 7.50. The second kappa shape index (κ2) is 8.87. The van der Waals surface area contributed by atoms with Gasteiger partial charge >= 0.3 is 0 Å². The number of rotatable bonds is 9. The first-order valence-corrected chi connectivity index (χ1v) is 7.83. The molecule has 1 rings (SSSR count). The Hall–Kier alpha value is -1.30. The number of hydrogen-bond donors (Lipinski definition) is 3. The van der Waals surface area contributed by atoms with Gasteiger partial charge < -0.3 is 20.7 Å². The molecule has 3 N–H and O–H groups in total. The Morgan fingerprint density at radius 1 is 1.33 bits per heavy atom. The van der Waals surface area contributed by atoms with Gasteiger partial charge in [-0.2, -0.15) is 0 Å². The molecule has 122 valence electrons. The average Bonchev–Trinajstić information content (AvgIpc) is 3.24. The zero-order chi connectivity index (χ0) is 15.7. The summed E-state index contributed by atoms with van der Waals surface area (Å²) in [7, 11) is 1.69. The Morgan fingerprint density at radius 3 is 2.62 bits per heavy atom. The zero-order valence-corrected chi connectivity index (χ0v) is 13.8. The van der Waals surface area contributed by atoms with Gasteiger partial charge in [-0.25, -0.2) is 0 Å². The molecule has 1 fully saturated rings. The lowest BCUT2D eigenvalue weighted by atomic mass is 10.1. The van der Waals surface area contributed by atoms with E-state index in [0.717, 1.165) is 38.3 Å². The highest BCUT2D eigenvalue weighted by molar-refractivity contribution is 5.80. The first-order valence-electron chi connectivity index (χ1n) is 7.83.